The van der Waals surface area contributed by atoms with E-state index in [-0.39, 0.29) is 19.0 Å². The molecular weight excluding hydrogens is 490 g/mol. The standard InChI is InChI=1S/C24H26BrN3O5/c1-14(15-6-8-16(25)9-7-15)26-21(31)19(29)20(30)22(32)28-12-10-24(11-13-28)17-4-2-3-5-18(17)27-23(24)33/h2-9,14,19-20,29-30H,10-13H2,1H3,(H,26,31)(H,27,33)/t14-,19+,20+/m0/s1. The molecule has 174 valence electrons. The molecule has 2 heterocycles. The van der Waals surface area contributed by atoms with Crippen LogP contribution in [0, 0.1) is 0 Å². The highest BCUT2D eigenvalue weighted by atomic mass is 79.9. The van der Waals surface area contributed by atoms with Gasteiger partial charge >= 0.3 is 0 Å². The SMILES string of the molecule is C[C@H](NC(=O)[C@H](O)[C@@H](O)C(=O)N1CCC2(CC1)C(=O)Nc1ccccc12)c1ccc(Br)cc1. The molecule has 3 atom stereocenters. The molecule has 1 spiro atoms. The highest BCUT2D eigenvalue weighted by Crippen LogP contribution is 2.44. The van der Waals surface area contributed by atoms with Gasteiger partial charge in [-0.2, -0.15) is 0 Å². The number of carbonyl (C=O) groups excluding carboxylic acids is 3. The number of halogens is 1. The van der Waals surface area contributed by atoms with Crippen LogP contribution < -0.4 is 10.6 Å². The number of likely N-dealkylation sites (tertiary alicyclic amines) is 1. The summed E-state index contributed by atoms with van der Waals surface area (Å²) < 4.78 is 0.896. The molecule has 1 fully saturated rings. The second-order valence-electron chi connectivity index (χ2n) is 8.58. The molecule has 33 heavy (non-hydrogen) atoms. The molecule has 2 aliphatic heterocycles. The molecule has 0 aliphatic carbocycles. The molecule has 0 radical (unpaired) electrons. The van der Waals surface area contributed by atoms with Gasteiger partial charge in [0.1, 0.15) is 0 Å². The van der Waals surface area contributed by atoms with Gasteiger partial charge in [0.05, 0.1) is 11.5 Å². The number of hydrogen-bond donors (Lipinski definition) is 4. The van der Waals surface area contributed by atoms with Crippen LogP contribution in [0.25, 0.3) is 0 Å². The molecule has 4 N–H and O–H groups in total. The lowest BCUT2D eigenvalue weighted by Gasteiger charge is -2.39. The van der Waals surface area contributed by atoms with Crippen molar-refractivity contribution in [1.82, 2.24) is 10.2 Å². The van der Waals surface area contributed by atoms with E-state index < -0.39 is 35.5 Å². The van der Waals surface area contributed by atoms with Crippen molar-refractivity contribution in [3.63, 3.8) is 0 Å². The summed E-state index contributed by atoms with van der Waals surface area (Å²) in [5.41, 5.74) is 1.82. The van der Waals surface area contributed by atoms with Crippen molar-refractivity contribution in [2.45, 2.75) is 43.4 Å². The number of nitrogens with zero attached hydrogens (tertiary/aromatic N) is 1. The summed E-state index contributed by atoms with van der Waals surface area (Å²) in [7, 11) is 0. The topological polar surface area (TPSA) is 119 Å². The van der Waals surface area contributed by atoms with E-state index in [1.165, 1.54) is 4.90 Å². The number of carbonyl (C=O) groups is 3. The van der Waals surface area contributed by atoms with Crippen LogP contribution in [0.3, 0.4) is 0 Å². The van der Waals surface area contributed by atoms with Gasteiger partial charge in [-0.3, -0.25) is 14.4 Å². The average molecular weight is 516 g/mol. The second kappa shape index (κ2) is 9.24. The number of fused-ring (bicyclic) bond motifs is 2. The van der Waals surface area contributed by atoms with Crippen LogP contribution in [-0.2, 0) is 19.8 Å². The lowest BCUT2D eigenvalue weighted by atomic mass is 9.73. The predicted octanol–water partition coefficient (Wildman–Crippen LogP) is 1.86. The first-order chi connectivity index (χ1) is 15.7. The van der Waals surface area contributed by atoms with Gasteiger partial charge in [-0.15, -0.1) is 0 Å². The molecule has 2 aliphatic rings. The monoisotopic (exact) mass is 515 g/mol. The molecule has 4 rings (SSSR count). The Kier molecular flexibility index (Phi) is 6.56. The van der Waals surface area contributed by atoms with Crippen molar-refractivity contribution < 1.29 is 24.6 Å². The van der Waals surface area contributed by atoms with Gasteiger partial charge in [-0.1, -0.05) is 46.3 Å². The molecule has 0 unspecified atom stereocenters. The first kappa shape index (κ1) is 23.4. The van der Waals surface area contributed by atoms with Crippen molar-refractivity contribution >= 4 is 39.3 Å². The van der Waals surface area contributed by atoms with Crippen LogP contribution >= 0.6 is 15.9 Å². The Bertz CT molecular complexity index is 1070. The summed E-state index contributed by atoms with van der Waals surface area (Å²) in [6.07, 6.45) is -2.99. The van der Waals surface area contributed by atoms with Gasteiger partial charge in [-0.25, -0.2) is 0 Å². The number of aliphatic hydroxyl groups excluding tert-OH is 2. The highest BCUT2D eigenvalue weighted by molar-refractivity contribution is 9.10. The minimum absolute atomic E-state index is 0.0855. The zero-order valence-electron chi connectivity index (χ0n) is 18.1. The van der Waals surface area contributed by atoms with Crippen LogP contribution in [0.4, 0.5) is 5.69 Å². The minimum atomic E-state index is -1.90. The Balaban J connectivity index is 1.36. The third kappa shape index (κ3) is 4.40. The van der Waals surface area contributed by atoms with E-state index >= 15 is 0 Å². The molecule has 2 aromatic rings. The number of benzene rings is 2. The van der Waals surface area contributed by atoms with Crippen LogP contribution in [0.2, 0.25) is 0 Å². The fourth-order valence-electron chi connectivity index (χ4n) is 4.58. The second-order valence-corrected chi connectivity index (χ2v) is 9.49. The number of aliphatic hydroxyl groups is 2. The van der Waals surface area contributed by atoms with Crippen molar-refractivity contribution in [2.75, 3.05) is 18.4 Å². The zero-order chi connectivity index (χ0) is 23.8. The van der Waals surface area contributed by atoms with Crippen molar-refractivity contribution in [3.05, 3.63) is 64.1 Å². The number of rotatable bonds is 5. The summed E-state index contributed by atoms with van der Waals surface area (Å²) in [6, 6.07) is 14.4. The fourth-order valence-corrected chi connectivity index (χ4v) is 4.84. The first-order valence-corrected chi connectivity index (χ1v) is 11.6. The number of amides is 3. The summed E-state index contributed by atoms with van der Waals surface area (Å²) in [5, 5.41) is 26.3. The molecule has 0 bridgehead atoms. The number of anilines is 1. The lowest BCUT2D eigenvalue weighted by Crippen LogP contribution is -2.55. The van der Waals surface area contributed by atoms with Gasteiger partial charge < -0.3 is 25.7 Å². The lowest BCUT2D eigenvalue weighted by molar-refractivity contribution is -0.154. The molecule has 2 aromatic carbocycles. The molecular formula is C24H26BrN3O5. The highest BCUT2D eigenvalue weighted by Gasteiger charge is 2.49. The van der Waals surface area contributed by atoms with Gasteiger partial charge in [0.15, 0.2) is 12.2 Å². The summed E-state index contributed by atoms with van der Waals surface area (Å²) in [5.74, 6) is -1.64. The number of nitrogens with one attached hydrogen (secondary N) is 2. The van der Waals surface area contributed by atoms with E-state index in [4.69, 9.17) is 0 Å². The molecule has 9 heteroatoms. The fraction of sp³-hybridized carbons (Fsp3) is 0.375. The zero-order valence-corrected chi connectivity index (χ0v) is 19.7. The van der Waals surface area contributed by atoms with E-state index in [0.717, 1.165) is 21.3 Å². The minimum Gasteiger partial charge on any atom is -0.380 e. The third-order valence-corrected chi connectivity index (χ3v) is 7.13. The van der Waals surface area contributed by atoms with E-state index in [1.807, 2.05) is 48.5 Å². The normalized spacial score (nSPS) is 19.4. The van der Waals surface area contributed by atoms with E-state index in [0.29, 0.717) is 12.8 Å². The van der Waals surface area contributed by atoms with Gasteiger partial charge in [0.2, 0.25) is 5.91 Å². The van der Waals surface area contributed by atoms with Crippen LogP contribution in [-0.4, -0.2) is 58.1 Å². The number of para-hydroxylation sites is 1. The molecule has 3 amide bonds. The number of hydrogen-bond acceptors (Lipinski definition) is 5. The summed E-state index contributed by atoms with van der Waals surface area (Å²) >= 11 is 3.35. The van der Waals surface area contributed by atoms with Crippen molar-refractivity contribution in [3.8, 4) is 0 Å². The first-order valence-electron chi connectivity index (χ1n) is 10.8. The molecule has 1 saturated heterocycles. The maximum absolute atomic E-state index is 12.8. The van der Waals surface area contributed by atoms with Crippen LogP contribution in [0.5, 0.6) is 0 Å². The molecule has 8 nitrogen and oxygen atoms in total. The summed E-state index contributed by atoms with van der Waals surface area (Å²) in [4.78, 5) is 39.3. The Morgan fingerprint density at radius 1 is 1.06 bits per heavy atom. The maximum atomic E-state index is 12.8. The third-order valence-electron chi connectivity index (χ3n) is 6.60. The molecule has 0 saturated carbocycles. The van der Waals surface area contributed by atoms with Crippen molar-refractivity contribution in [1.29, 1.82) is 0 Å². The average Bonchev–Trinajstić information content (AvgIpc) is 3.09. The van der Waals surface area contributed by atoms with E-state index in [2.05, 4.69) is 26.6 Å². The Labute approximate surface area is 200 Å². The van der Waals surface area contributed by atoms with Gasteiger partial charge in [0.25, 0.3) is 11.8 Å². The largest absolute Gasteiger partial charge is 0.380 e. The van der Waals surface area contributed by atoms with Crippen LogP contribution in [0.15, 0.2) is 53.0 Å². The smallest absolute Gasteiger partial charge is 0.254 e. The Morgan fingerprint density at radius 3 is 2.36 bits per heavy atom. The summed E-state index contributed by atoms with van der Waals surface area (Å²) in [6.45, 7) is 2.22. The van der Waals surface area contributed by atoms with E-state index in [9.17, 15) is 24.6 Å². The quantitative estimate of drug-likeness (QED) is 0.484. The van der Waals surface area contributed by atoms with Gasteiger partial charge in [0, 0.05) is 23.2 Å². The van der Waals surface area contributed by atoms with Crippen LogP contribution in [0.1, 0.15) is 36.9 Å². The van der Waals surface area contributed by atoms with Gasteiger partial charge in [-0.05, 0) is 49.1 Å². The van der Waals surface area contributed by atoms with E-state index in [1.54, 1.807) is 6.92 Å². The maximum Gasteiger partial charge on any atom is 0.254 e. The Hall–Kier alpha value is -2.75. The number of piperidine rings is 1. The molecule has 0 aromatic heterocycles. The Morgan fingerprint density at radius 2 is 1.70 bits per heavy atom. The predicted molar refractivity (Wildman–Crippen MR) is 125 cm³/mol. The van der Waals surface area contributed by atoms with Crippen molar-refractivity contribution in [2.24, 2.45) is 0 Å².